The molecule has 0 aromatic heterocycles. The van der Waals surface area contributed by atoms with E-state index < -0.39 is 0 Å². The van der Waals surface area contributed by atoms with E-state index in [-0.39, 0.29) is 12.3 Å². The minimum absolute atomic E-state index is 0.0746. The van der Waals surface area contributed by atoms with Crippen molar-refractivity contribution in [2.45, 2.75) is 50.8 Å². The van der Waals surface area contributed by atoms with Gasteiger partial charge >= 0.3 is 0 Å². The summed E-state index contributed by atoms with van der Waals surface area (Å²) in [5.74, 6) is 1.26. The predicted octanol–water partition coefficient (Wildman–Crippen LogP) is 7.60. The SMILES string of the molecule is Clc1cc(Cl)c2c(c1)C1CC(c3ccc4ccccc4c3)=NN1C(C1CCCCC1)O2. The Morgan fingerprint density at radius 1 is 0.903 bits per heavy atom. The highest BCUT2D eigenvalue weighted by molar-refractivity contribution is 6.35. The van der Waals surface area contributed by atoms with E-state index in [0.717, 1.165) is 23.4 Å². The van der Waals surface area contributed by atoms with Crippen molar-refractivity contribution in [3.63, 3.8) is 0 Å². The molecule has 3 aliphatic rings. The highest BCUT2D eigenvalue weighted by Crippen LogP contribution is 2.49. The molecule has 2 atom stereocenters. The van der Waals surface area contributed by atoms with Crippen molar-refractivity contribution >= 4 is 39.7 Å². The van der Waals surface area contributed by atoms with Gasteiger partial charge in [0.25, 0.3) is 0 Å². The molecule has 158 valence electrons. The molecule has 0 saturated heterocycles. The lowest BCUT2D eigenvalue weighted by Crippen LogP contribution is -2.46. The van der Waals surface area contributed by atoms with Crippen molar-refractivity contribution in [2.75, 3.05) is 0 Å². The van der Waals surface area contributed by atoms with Gasteiger partial charge in [0.2, 0.25) is 0 Å². The molecule has 1 fully saturated rings. The quantitative estimate of drug-likeness (QED) is 0.401. The fourth-order valence-electron chi connectivity index (χ4n) is 5.42. The Balaban J connectivity index is 1.43. The average molecular weight is 451 g/mol. The van der Waals surface area contributed by atoms with Crippen LogP contribution in [0, 0.1) is 5.92 Å². The van der Waals surface area contributed by atoms with Crippen LogP contribution in [-0.2, 0) is 0 Å². The maximum atomic E-state index is 6.60. The van der Waals surface area contributed by atoms with E-state index in [2.05, 4.69) is 47.5 Å². The topological polar surface area (TPSA) is 24.8 Å². The van der Waals surface area contributed by atoms with Crippen molar-refractivity contribution in [3.8, 4) is 5.75 Å². The minimum atomic E-state index is -0.0746. The van der Waals surface area contributed by atoms with Gasteiger partial charge in [0.1, 0.15) is 5.75 Å². The second-order valence-electron chi connectivity index (χ2n) is 8.92. The summed E-state index contributed by atoms with van der Waals surface area (Å²) in [6.07, 6.45) is 6.93. The standard InChI is InChI=1S/C26H24Cl2N2O/c27-20-13-21-24-15-23(19-11-10-16-6-4-5-9-18(16)12-19)29-30(24)26(17-7-2-1-3-8-17)31-25(21)22(28)14-20/h4-6,9-14,17,24,26H,1-3,7-8,15H2. The molecule has 0 amide bonds. The van der Waals surface area contributed by atoms with Crippen LogP contribution in [0.1, 0.15) is 55.7 Å². The van der Waals surface area contributed by atoms with Gasteiger partial charge in [0.05, 0.1) is 16.8 Å². The van der Waals surface area contributed by atoms with E-state index in [1.807, 2.05) is 6.07 Å². The molecule has 0 N–H and O–H groups in total. The van der Waals surface area contributed by atoms with Gasteiger partial charge in [0.15, 0.2) is 6.23 Å². The predicted molar refractivity (Wildman–Crippen MR) is 127 cm³/mol. The summed E-state index contributed by atoms with van der Waals surface area (Å²) in [4.78, 5) is 0. The smallest absolute Gasteiger partial charge is 0.190 e. The van der Waals surface area contributed by atoms with Crippen LogP contribution in [0.25, 0.3) is 10.8 Å². The first-order chi connectivity index (χ1) is 15.2. The van der Waals surface area contributed by atoms with E-state index >= 15 is 0 Å². The lowest BCUT2D eigenvalue weighted by atomic mass is 9.86. The number of hydrogen-bond donors (Lipinski definition) is 0. The molecule has 2 aliphatic heterocycles. The highest BCUT2D eigenvalue weighted by Gasteiger charge is 2.44. The number of benzene rings is 3. The van der Waals surface area contributed by atoms with Gasteiger partial charge in [-0.3, -0.25) is 0 Å². The molecule has 2 heterocycles. The molecular weight excluding hydrogens is 427 g/mol. The van der Waals surface area contributed by atoms with E-state index in [1.54, 1.807) is 6.07 Å². The lowest BCUT2D eigenvalue weighted by molar-refractivity contribution is -0.0642. The van der Waals surface area contributed by atoms with Crippen molar-refractivity contribution < 1.29 is 4.74 Å². The minimum Gasteiger partial charge on any atom is -0.467 e. The molecule has 31 heavy (non-hydrogen) atoms. The highest BCUT2D eigenvalue weighted by atomic mass is 35.5. The number of nitrogens with zero attached hydrogens (tertiary/aromatic N) is 2. The van der Waals surface area contributed by atoms with Crippen LogP contribution >= 0.6 is 23.2 Å². The van der Waals surface area contributed by atoms with Crippen LogP contribution in [0.4, 0.5) is 0 Å². The fraction of sp³-hybridized carbons (Fsp3) is 0.346. The summed E-state index contributed by atoms with van der Waals surface area (Å²) < 4.78 is 6.55. The van der Waals surface area contributed by atoms with Crippen LogP contribution in [0.3, 0.4) is 0 Å². The maximum absolute atomic E-state index is 6.60. The van der Waals surface area contributed by atoms with Gasteiger partial charge in [0, 0.05) is 22.9 Å². The fourth-order valence-corrected chi connectivity index (χ4v) is 5.97. The Bertz CT molecular complexity index is 1190. The number of halogens is 2. The third-order valence-corrected chi connectivity index (χ3v) is 7.47. The largest absolute Gasteiger partial charge is 0.467 e. The van der Waals surface area contributed by atoms with Crippen LogP contribution < -0.4 is 4.74 Å². The van der Waals surface area contributed by atoms with Crippen LogP contribution in [0.5, 0.6) is 5.75 Å². The normalized spacial score (nSPS) is 23.3. The third kappa shape index (κ3) is 3.39. The summed E-state index contributed by atoms with van der Waals surface area (Å²) in [6.45, 7) is 0. The Kier molecular flexibility index (Phi) is 4.85. The summed E-state index contributed by atoms with van der Waals surface area (Å²) >= 11 is 13.0. The van der Waals surface area contributed by atoms with E-state index in [1.165, 1.54) is 48.4 Å². The summed E-state index contributed by atoms with van der Waals surface area (Å²) in [6, 6.07) is 19.0. The summed E-state index contributed by atoms with van der Waals surface area (Å²) in [5, 5.41) is 11.1. The summed E-state index contributed by atoms with van der Waals surface area (Å²) in [5.41, 5.74) is 3.32. The average Bonchev–Trinajstić information content (AvgIpc) is 3.25. The second kappa shape index (κ2) is 7.72. The molecule has 0 radical (unpaired) electrons. The Hall–Kier alpha value is -2.23. The summed E-state index contributed by atoms with van der Waals surface area (Å²) in [7, 11) is 0. The first-order valence-corrected chi connectivity index (χ1v) is 11.9. The molecule has 0 bridgehead atoms. The van der Waals surface area contributed by atoms with Gasteiger partial charge < -0.3 is 4.74 Å². The number of fused-ring (bicyclic) bond motifs is 4. The zero-order valence-corrected chi connectivity index (χ0v) is 18.7. The molecule has 1 saturated carbocycles. The number of ether oxygens (including phenoxy) is 1. The molecule has 1 aliphatic carbocycles. The van der Waals surface area contributed by atoms with E-state index in [9.17, 15) is 0 Å². The van der Waals surface area contributed by atoms with Crippen molar-refractivity contribution in [3.05, 3.63) is 75.8 Å². The number of hydrazone groups is 1. The Morgan fingerprint density at radius 3 is 2.55 bits per heavy atom. The molecule has 6 rings (SSSR count). The molecular formula is C26H24Cl2N2O. The Morgan fingerprint density at radius 2 is 1.71 bits per heavy atom. The Labute approximate surface area is 192 Å². The second-order valence-corrected chi connectivity index (χ2v) is 9.76. The van der Waals surface area contributed by atoms with Crippen LogP contribution in [0.15, 0.2) is 59.7 Å². The first-order valence-electron chi connectivity index (χ1n) is 11.2. The lowest BCUT2D eigenvalue weighted by Gasteiger charge is -2.43. The molecule has 3 aromatic carbocycles. The van der Waals surface area contributed by atoms with Gasteiger partial charge in [-0.1, -0.05) is 78.9 Å². The molecule has 3 aromatic rings. The number of hydrogen-bond acceptors (Lipinski definition) is 3. The third-order valence-electron chi connectivity index (χ3n) is 6.97. The zero-order chi connectivity index (χ0) is 20.9. The van der Waals surface area contributed by atoms with Crippen molar-refractivity contribution in [1.82, 2.24) is 5.01 Å². The monoisotopic (exact) mass is 450 g/mol. The van der Waals surface area contributed by atoms with Crippen molar-refractivity contribution in [2.24, 2.45) is 11.0 Å². The van der Waals surface area contributed by atoms with Crippen LogP contribution in [0.2, 0.25) is 10.0 Å². The maximum Gasteiger partial charge on any atom is 0.190 e. The first kappa shape index (κ1) is 19.5. The van der Waals surface area contributed by atoms with Gasteiger partial charge in [-0.2, -0.15) is 5.10 Å². The van der Waals surface area contributed by atoms with E-state index in [4.69, 9.17) is 33.0 Å². The van der Waals surface area contributed by atoms with E-state index in [0.29, 0.717) is 16.0 Å². The molecule has 2 unspecified atom stereocenters. The zero-order valence-electron chi connectivity index (χ0n) is 17.2. The van der Waals surface area contributed by atoms with Gasteiger partial charge in [-0.05, 0) is 47.4 Å². The molecule has 5 heteroatoms. The number of rotatable bonds is 2. The molecule has 3 nitrogen and oxygen atoms in total. The molecule has 0 spiro atoms. The van der Waals surface area contributed by atoms with Gasteiger partial charge in [-0.25, -0.2) is 5.01 Å². The van der Waals surface area contributed by atoms with Crippen LogP contribution in [-0.4, -0.2) is 16.9 Å². The van der Waals surface area contributed by atoms with Crippen molar-refractivity contribution in [1.29, 1.82) is 0 Å². The van der Waals surface area contributed by atoms with Gasteiger partial charge in [-0.15, -0.1) is 0 Å².